The summed E-state index contributed by atoms with van der Waals surface area (Å²) in [5.41, 5.74) is 7.66. The van der Waals surface area contributed by atoms with Gasteiger partial charge in [0.2, 0.25) is 5.91 Å². The van der Waals surface area contributed by atoms with Crippen molar-refractivity contribution in [2.45, 2.75) is 38.8 Å². The van der Waals surface area contributed by atoms with E-state index >= 15 is 0 Å². The summed E-state index contributed by atoms with van der Waals surface area (Å²) >= 11 is 0. The van der Waals surface area contributed by atoms with Gasteiger partial charge in [0.1, 0.15) is 0 Å². The molecule has 1 aromatic carbocycles. The number of carbonyl (C=O) groups excluding carboxylic acids is 1. The van der Waals surface area contributed by atoms with E-state index in [1.165, 1.54) is 0 Å². The first kappa shape index (κ1) is 17.6. The standard InChI is InChI=1S/C16H26N2O3/c1-3-5-14(17)11-16(19)18-15-7-4-6-13(10-15)12-21-9-8-20-2/h4,6-7,10,14H,3,5,8-9,11-12,17H2,1-2H3,(H,18,19). The maximum absolute atomic E-state index is 11.9. The molecule has 118 valence electrons. The van der Waals surface area contributed by atoms with E-state index in [0.29, 0.717) is 26.2 Å². The van der Waals surface area contributed by atoms with E-state index in [9.17, 15) is 4.79 Å². The van der Waals surface area contributed by atoms with Gasteiger partial charge in [0.05, 0.1) is 19.8 Å². The smallest absolute Gasteiger partial charge is 0.225 e. The maximum atomic E-state index is 11.9. The predicted molar refractivity (Wildman–Crippen MR) is 84.1 cm³/mol. The lowest BCUT2D eigenvalue weighted by Gasteiger charge is -2.11. The van der Waals surface area contributed by atoms with Crippen LogP contribution in [0, 0.1) is 0 Å². The van der Waals surface area contributed by atoms with Gasteiger partial charge in [0, 0.05) is 25.3 Å². The molecule has 1 amide bonds. The molecule has 0 saturated carbocycles. The van der Waals surface area contributed by atoms with Crippen LogP contribution in [0.15, 0.2) is 24.3 Å². The van der Waals surface area contributed by atoms with Crippen LogP contribution < -0.4 is 11.1 Å². The molecule has 3 N–H and O–H groups in total. The van der Waals surface area contributed by atoms with Crippen molar-refractivity contribution >= 4 is 11.6 Å². The highest BCUT2D eigenvalue weighted by atomic mass is 16.5. The zero-order valence-electron chi connectivity index (χ0n) is 12.9. The molecule has 5 heteroatoms. The monoisotopic (exact) mass is 294 g/mol. The molecular weight excluding hydrogens is 268 g/mol. The fourth-order valence-electron chi connectivity index (χ4n) is 1.99. The Morgan fingerprint density at radius 1 is 1.38 bits per heavy atom. The van der Waals surface area contributed by atoms with Crippen molar-refractivity contribution in [3.63, 3.8) is 0 Å². The largest absolute Gasteiger partial charge is 0.382 e. The number of hydrogen-bond acceptors (Lipinski definition) is 4. The molecule has 1 unspecified atom stereocenters. The highest BCUT2D eigenvalue weighted by Crippen LogP contribution is 2.12. The summed E-state index contributed by atoms with van der Waals surface area (Å²) in [4.78, 5) is 11.9. The third kappa shape index (κ3) is 7.80. The second kappa shape index (κ2) is 10.3. The molecule has 1 rings (SSSR count). The Morgan fingerprint density at radius 3 is 2.90 bits per heavy atom. The quantitative estimate of drug-likeness (QED) is 0.649. The number of benzene rings is 1. The molecular formula is C16H26N2O3. The third-order valence-corrected chi connectivity index (χ3v) is 3.02. The van der Waals surface area contributed by atoms with E-state index < -0.39 is 0 Å². The lowest BCUT2D eigenvalue weighted by molar-refractivity contribution is -0.116. The highest BCUT2D eigenvalue weighted by Gasteiger charge is 2.09. The Labute approximate surface area is 126 Å². The van der Waals surface area contributed by atoms with Gasteiger partial charge in [-0.2, -0.15) is 0 Å². The number of amides is 1. The van der Waals surface area contributed by atoms with E-state index in [2.05, 4.69) is 12.2 Å². The number of nitrogens with one attached hydrogen (secondary N) is 1. The topological polar surface area (TPSA) is 73.6 Å². The third-order valence-electron chi connectivity index (χ3n) is 3.02. The Bertz CT molecular complexity index is 424. The van der Waals surface area contributed by atoms with E-state index in [4.69, 9.17) is 15.2 Å². The molecule has 0 heterocycles. The van der Waals surface area contributed by atoms with Gasteiger partial charge in [-0.3, -0.25) is 4.79 Å². The molecule has 5 nitrogen and oxygen atoms in total. The summed E-state index contributed by atoms with van der Waals surface area (Å²) < 4.78 is 10.4. The van der Waals surface area contributed by atoms with Gasteiger partial charge in [0.15, 0.2) is 0 Å². The van der Waals surface area contributed by atoms with Crippen molar-refractivity contribution in [2.24, 2.45) is 5.73 Å². The van der Waals surface area contributed by atoms with Crippen LogP contribution in [0.25, 0.3) is 0 Å². The van der Waals surface area contributed by atoms with Crippen molar-refractivity contribution in [1.82, 2.24) is 0 Å². The van der Waals surface area contributed by atoms with Crippen LogP contribution in [0.3, 0.4) is 0 Å². The lowest BCUT2D eigenvalue weighted by atomic mass is 10.1. The number of rotatable bonds is 10. The molecule has 0 aliphatic carbocycles. The molecule has 0 spiro atoms. The molecule has 0 radical (unpaired) electrons. The van der Waals surface area contributed by atoms with Crippen molar-refractivity contribution < 1.29 is 14.3 Å². The Morgan fingerprint density at radius 2 is 2.19 bits per heavy atom. The number of carbonyl (C=O) groups is 1. The van der Waals surface area contributed by atoms with Gasteiger partial charge < -0.3 is 20.5 Å². The Hall–Kier alpha value is -1.43. The van der Waals surface area contributed by atoms with Crippen molar-refractivity contribution in [2.75, 3.05) is 25.6 Å². The minimum atomic E-state index is -0.0736. The number of ether oxygens (including phenoxy) is 2. The van der Waals surface area contributed by atoms with Gasteiger partial charge >= 0.3 is 0 Å². The van der Waals surface area contributed by atoms with Gasteiger partial charge in [-0.05, 0) is 24.1 Å². The summed E-state index contributed by atoms with van der Waals surface area (Å²) in [6, 6.07) is 7.57. The van der Waals surface area contributed by atoms with Crippen LogP contribution in [0.5, 0.6) is 0 Å². The average molecular weight is 294 g/mol. The first-order valence-corrected chi connectivity index (χ1v) is 7.36. The maximum Gasteiger partial charge on any atom is 0.225 e. The molecule has 0 aliphatic rings. The van der Waals surface area contributed by atoms with Gasteiger partial charge in [-0.25, -0.2) is 0 Å². The lowest BCUT2D eigenvalue weighted by Crippen LogP contribution is -2.26. The van der Waals surface area contributed by atoms with Gasteiger partial charge in [-0.15, -0.1) is 0 Å². The predicted octanol–water partition coefficient (Wildman–Crippen LogP) is 2.31. The second-order valence-corrected chi connectivity index (χ2v) is 5.05. The van der Waals surface area contributed by atoms with Crippen LogP contribution in [0.1, 0.15) is 31.7 Å². The molecule has 0 saturated heterocycles. The zero-order valence-corrected chi connectivity index (χ0v) is 12.9. The average Bonchev–Trinajstić information content (AvgIpc) is 2.44. The van der Waals surface area contributed by atoms with E-state index in [0.717, 1.165) is 24.1 Å². The fourth-order valence-corrected chi connectivity index (χ4v) is 1.99. The number of methoxy groups -OCH3 is 1. The summed E-state index contributed by atoms with van der Waals surface area (Å²) in [6.45, 7) is 3.69. The van der Waals surface area contributed by atoms with Crippen LogP contribution in [-0.4, -0.2) is 32.3 Å². The molecule has 0 fully saturated rings. The fraction of sp³-hybridized carbons (Fsp3) is 0.562. The Balaban J connectivity index is 2.42. The van der Waals surface area contributed by atoms with Crippen LogP contribution in [-0.2, 0) is 20.9 Å². The number of anilines is 1. The van der Waals surface area contributed by atoms with Gasteiger partial charge in [-0.1, -0.05) is 25.5 Å². The summed E-state index contributed by atoms with van der Waals surface area (Å²) in [5.74, 6) is -0.0478. The van der Waals surface area contributed by atoms with E-state index in [1.807, 2.05) is 24.3 Å². The van der Waals surface area contributed by atoms with E-state index in [1.54, 1.807) is 7.11 Å². The van der Waals surface area contributed by atoms with Crippen molar-refractivity contribution in [3.8, 4) is 0 Å². The molecule has 0 aliphatic heterocycles. The minimum absolute atomic E-state index is 0.0478. The van der Waals surface area contributed by atoms with Crippen molar-refractivity contribution in [1.29, 1.82) is 0 Å². The summed E-state index contributed by atoms with van der Waals surface area (Å²) in [7, 11) is 1.64. The number of hydrogen-bond donors (Lipinski definition) is 2. The molecule has 0 aromatic heterocycles. The zero-order chi connectivity index (χ0) is 15.5. The number of nitrogens with two attached hydrogens (primary N) is 1. The first-order chi connectivity index (χ1) is 10.2. The van der Waals surface area contributed by atoms with Crippen LogP contribution >= 0.6 is 0 Å². The molecule has 21 heavy (non-hydrogen) atoms. The van der Waals surface area contributed by atoms with Crippen LogP contribution in [0.4, 0.5) is 5.69 Å². The first-order valence-electron chi connectivity index (χ1n) is 7.36. The molecule has 1 aromatic rings. The van der Waals surface area contributed by atoms with Crippen molar-refractivity contribution in [3.05, 3.63) is 29.8 Å². The molecule has 1 atom stereocenters. The van der Waals surface area contributed by atoms with Crippen LogP contribution in [0.2, 0.25) is 0 Å². The normalized spacial score (nSPS) is 12.1. The summed E-state index contributed by atoms with van der Waals surface area (Å²) in [5, 5.41) is 2.87. The highest BCUT2D eigenvalue weighted by molar-refractivity contribution is 5.91. The Kier molecular flexibility index (Phi) is 8.66. The van der Waals surface area contributed by atoms with Gasteiger partial charge in [0.25, 0.3) is 0 Å². The summed E-state index contributed by atoms with van der Waals surface area (Å²) in [6.07, 6.45) is 2.20. The SMILES string of the molecule is CCCC(N)CC(=O)Nc1cccc(COCCOC)c1. The molecule has 0 bridgehead atoms. The second-order valence-electron chi connectivity index (χ2n) is 5.05. The van der Waals surface area contributed by atoms with E-state index in [-0.39, 0.29) is 11.9 Å². The minimum Gasteiger partial charge on any atom is -0.382 e.